The number of hydrogen-bond acceptors (Lipinski definition) is 7. The van der Waals surface area contributed by atoms with Crippen LogP contribution in [0.4, 0.5) is 5.13 Å². The predicted octanol–water partition coefficient (Wildman–Crippen LogP) is 5.55. The molecule has 31 heavy (non-hydrogen) atoms. The molecule has 0 bridgehead atoms. The van der Waals surface area contributed by atoms with Gasteiger partial charge in [0.15, 0.2) is 5.13 Å². The maximum atomic E-state index is 12.7. The molecular formula is C23H27N3O3S2. The van der Waals surface area contributed by atoms with Crippen LogP contribution >= 0.6 is 23.1 Å². The highest BCUT2D eigenvalue weighted by Crippen LogP contribution is 2.29. The van der Waals surface area contributed by atoms with Gasteiger partial charge in [-0.2, -0.15) is 0 Å². The Hall–Kier alpha value is -2.45. The number of nitrogens with zero attached hydrogens (tertiary/aromatic N) is 2. The fourth-order valence-corrected chi connectivity index (χ4v) is 4.76. The van der Waals surface area contributed by atoms with Gasteiger partial charge in [-0.05, 0) is 50.8 Å². The third-order valence-electron chi connectivity index (χ3n) is 4.65. The topological polar surface area (TPSA) is 81.2 Å². The number of aryl methyl sites for hydroxylation is 3. The molecule has 8 heteroatoms. The van der Waals surface area contributed by atoms with Gasteiger partial charge in [0.25, 0.3) is 0 Å². The van der Waals surface area contributed by atoms with E-state index in [0.29, 0.717) is 22.3 Å². The summed E-state index contributed by atoms with van der Waals surface area (Å²) in [5, 5.41) is 4.75. The third-order valence-corrected chi connectivity index (χ3v) is 6.72. The summed E-state index contributed by atoms with van der Waals surface area (Å²) in [5.41, 5.74) is 3.74. The van der Waals surface area contributed by atoms with Crippen LogP contribution in [0.15, 0.2) is 29.3 Å². The van der Waals surface area contributed by atoms with E-state index in [0.717, 1.165) is 38.4 Å². The Labute approximate surface area is 190 Å². The summed E-state index contributed by atoms with van der Waals surface area (Å²) in [4.78, 5) is 34.4. The van der Waals surface area contributed by atoms with Crippen LogP contribution in [0.1, 0.15) is 47.3 Å². The monoisotopic (exact) mass is 457 g/mol. The van der Waals surface area contributed by atoms with Crippen molar-refractivity contribution in [2.75, 3.05) is 11.9 Å². The number of rotatable bonds is 7. The van der Waals surface area contributed by atoms with Gasteiger partial charge in [-0.1, -0.05) is 55.1 Å². The van der Waals surface area contributed by atoms with Gasteiger partial charge in [-0.3, -0.25) is 4.79 Å². The Morgan fingerprint density at radius 1 is 1.13 bits per heavy atom. The second kappa shape index (κ2) is 9.78. The van der Waals surface area contributed by atoms with Gasteiger partial charge in [-0.25, -0.2) is 14.8 Å². The normalized spacial score (nSPS) is 12.2. The van der Waals surface area contributed by atoms with E-state index in [1.54, 1.807) is 6.92 Å². The van der Waals surface area contributed by atoms with Crippen molar-refractivity contribution in [2.24, 2.45) is 5.92 Å². The Bertz CT molecular complexity index is 1120. The summed E-state index contributed by atoms with van der Waals surface area (Å²) >= 11 is 2.53. The predicted molar refractivity (Wildman–Crippen MR) is 127 cm³/mol. The number of fused-ring (bicyclic) bond motifs is 1. The molecule has 0 aliphatic heterocycles. The largest absolute Gasteiger partial charge is 0.461 e. The number of ether oxygens (including phenoxy) is 1. The SMILES string of the molecule is Cc1nc(NC(=O)C(C)Sc2cc(C)c3cccc(C)c3n2)sc1C(=O)OCC(C)C. The average Bonchev–Trinajstić information content (AvgIpc) is 3.07. The number of nitrogens with one attached hydrogen (secondary N) is 1. The molecule has 3 aromatic rings. The zero-order valence-electron chi connectivity index (χ0n) is 18.6. The molecule has 0 saturated heterocycles. The van der Waals surface area contributed by atoms with Crippen molar-refractivity contribution >= 4 is 51.0 Å². The van der Waals surface area contributed by atoms with E-state index in [2.05, 4.69) is 23.3 Å². The van der Waals surface area contributed by atoms with Gasteiger partial charge in [0.1, 0.15) is 4.88 Å². The van der Waals surface area contributed by atoms with Crippen LogP contribution in [0.2, 0.25) is 0 Å². The summed E-state index contributed by atoms with van der Waals surface area (Å²) in [7, 11) is 0. The van der Waals surface area contributed by atoms with Crippen molar-refractivity contribution in [3.8, 4) is 0 Å². The molecule has 0 radical (unpaired) electrons. The maximum absolute atomic E-state index is 12.7. The number of esters is 1. The van der Waals surface area contributed by atoms with E-state index in [4.69, 9.17) is 9.72 Å². The standard InChI is InChI=1S/C23H27N3O3S2/c1-12(2)11-29-22(28)20-15(5)24-23(31-20)26-21(27)16(6)30-18-10-14(4)17-9-7-8-13(3)19(17)25-18/h7-10,12,16H,11H2,1-6H3,(H,24,26,27). The lowest BCUT2D eigenvalue weighted by molar-refractivity contribution is -0.115. The molecule has 1 aromatic carbocycles. The van der Waals surface area contributed by atoms with E-state index in [1.165, 1.54) is 11.8 Å². The Morgan fingerprint density at radius 3 is 2.58 bits per heavy atom. The number of amides is 1. The Kier molecular flexibility index (Phi) is 7.33. The number of hydrogen-bond donors (Lipinski definition) is 1. The van der Waals surface area contributed by atoms with E-state index in [1.807, 2.05) is 45.9 Å². The summed E-state index contributed by atoms with van der Waals surface area (Å²) in [6.07, 6.45) is 0. The molecule has 164 valence electrons. The molecule has 0 saturated carbocycles. The number of carbonyl (C=O) groups is 2. The molecule has 3 rings (SSSR count). The number of anilines is 1. The van der Waals surface area contributed by atoms with Crippen LogP contribution in [-0.2, 0) is 9.53 Å². The second-order valence-corrected chi connectivity index (χ2v) is 10.3. The second-order valence-electron chi connectivity index (χ2n) is 7.92. The van der Waals surface area contributed by atoms with Crippen LogP contribution in [0.3, 0.4) is 0 Å². The molecule has 1 amide bonds. The van der Waals surface area contributed by atoms with Crippen LogP contribution in [0.25, 0.3) is 10.9 Å². The molecule has 0 fully saturated rings. The molecule has 6 nitrogen and oxygen atoms in total. The number of thioether (sulfide) groups is 1. The van der Waals surface area contributed by atoms with Crippen molar-refractivity contribution in [2.45, 2.75) is 51.8 Å². The molecule has 0 aliphatic carbocycles. The van der Waals surface area contributed by atoms with Crippen molar-refractivity contribution in [3.63, 3.8) is 0 Å². The molecule has 2 heterocycles. The quantitative estimate of drug-likeness (QED) is 0.370. The van der Waals surface area contributed by atoms with Crippen LogP contribution < -0.4 is 5.32 Å². The Morgan fingerprint density at radius 2 is 1.87 bits per heavy atom. The number of thiazole rings is 1. The van der Waals surface area contributed by atoms with E-state index in [-0.39, 0.29) is 17.1 Å². The molecule has 1 unspecified atom stereocenters. The zero-order chi connectivity index (χ0) is 22.7. The van der Waals surface area contributed by atoms with Crippen molar-refractivity contribution in [1.82, 2.24) is 9.97 Å². The number of benzene rings is 1. The Balaban J connectivity index is 1.69. The van der Waals surface area contributed by atoms with Gasteiger partial charge >= 0.3 is 5.97 Å². The van der Waals surface area contributed by atoms with E-state index < -0.39 is 5.97 Å². The van der Waals surface area contributed by atoms with Crippen LogP contribution in [0, 0.1) is 26.7 Å². The van der Waals surface area contributed by atoms with E-state index >= 15 is 0 Å². The van der Waals surface area contributed by atoms with Gasteiger partial charge in [0, 0.05) is 5.39 Å². The maximum Gasteiger partial charge on any atom is 0.350 e. The molecule has 1 N–H and O–H groups in total. The summed E-state index contributed by atoms with van der Waals surface area (Å²) < 4.78 is 5.28. The van der Waals surface area contributed by atoms with Crippen LogP contribution in [-0.4, -0.2) is 33.7 Å². The first-order chi connectivity index (χ1) is 14.7. The highest BCUT2D eigenvalue weighted by Gasteiger charge is 2.21. The fourth-order valence-electron chi connectivity index (χ4n) is 2.98. The minimum absolute atomic E-state index is 0.190. The molecule has 1 atom stereocenters. The number of aromatic nitrogens is 2. The zero-order valence-corrected chi connectivity index (χ0v) is 20.2. The number of para-hydroxylation sites is 1. The van der Waals surface area contributed by atoms with Gasteiger partial charge < -0.3 is 10.1 Å². The molecule has 0 spiro atoms. The number of carbonyl (C=O) groups excluding carboxylic acids is 2. The minimum Gasteiger partial charge on any atom is -0.461 e. The third kappa shape index (κ3) is 5.62. The summed E-state index contributed by atoms with van der Waals surface area (Å²) in [5.74, 6) is -0.339. The average molecular weight is 458 g/mol. The fraction of sp³-hybridized carbons (Fsp3) is 0.391. The van der Waals surface area contributed by atoms with Gasteiger partial charge in [-0.15, -0.1) is 0 Å². The van der Waals surface area contributed by atoms with Crippen LogP contribution in [0.5, 0.6) is 0 Å². The summed E-state index contributed by atoms with van der Waals surface area (Å²) in [6, 6.07) is 8.13. The lowest BCUT2D eigenvalue weighted by atomic mass is 10.1. The molecular weight excluding hydrogens is 430 g/mol. The molecule has 2 aromatic heterocycles. The first kappa shape index (κ1) is 23.2. The molecule has 0 aliphatic rings. The van der Waals surface area contributed by atoms with E-state index in [9.17, 15) is 9.59 Å². The van der Waals surface area contributed by atoms with Crippen molar-refractivity contribution < 1.29 is 14.3 Å². The van der Waals surface area contributed by atoms with Crippen molar-refractivity contribution in [3.05, 3.63) is 46.0 Å². The van der Waals surface area contributed by atoms with Gasteiger partial charge in [0.2, 0.25) is 5.91 Å². The highest BCUT2D eigenvalue weighted by molar-refractivity contribution is 8.00. The minimum atomic E-state index is -0.405. The first-order valence-electron chi connectivity index (χ1n) is 10.1. The summed E-state index contributed by atoms with van der Waals surface area (Å²) in [6.45, 7) is 12.0. The lowest BCUT2D eigenvalue weighted by Crippen LogP contribution is -2.22. The van der Waals surface area contributed by atoms with Gasteiger partial charge in [0.05, 0.1) is 28.1 Å². The smallest absolute Gasteiger partial charge is 0.350 e. The number of pyridine rings is 1. The van der Waals surface area contributed by atoms with Crippen molar-refractivity contribution in [1.29, 1.82) is 0 Å². The lowest BCUT2D eigenvalue weighted by Gasteiger charge is -2.12. The first-order valence-corrected chi connectivity index (χ1v) is 11.8. The highest BCUT2D eigenvalue weighted by atomic mass is 32.2.